The summed E-state index contributed by atoms with van der Waals surface area (Å²) in [6.07, 6.45) is 3.59. The van der Waals surface area contributed by atoms with E-state index in [2.05, 4.69) is 23.7 Å². The lowest BCUT2D eigenvalue weighted by atomic mass is 10.0. The van der Waals surface area contributed by atoms with Crippen molar-refractivity contribution in [2.75, 3.05) is 20.2 Å². The zero-order valence-corrected chi connectivity index (χ0v) is 12.8. The SMILES string of the molecule is CCN(CC)Cc1cncc(-c2cc(F)ccc2OC)c1. The standard InChI is InChI=1S/C17H21FN2O/c1-4-20(5-2)12-13-8-14(11-19-10-13)16-9-15(18)6-7-17(16)21-3/h6-11H,4-5,12H2,1-3H3. The van der Waals surface area contributed by atoms with Gasteiger partial charge in [0.2, 0.25) is 0 Å². The van der Waals surface area contributed by atoms with Crippen molar-refractivity contribution in [2.24, 2.45) is 0 Å². The average molecular weight is 288 g/mol. The summed E-state index contributed by atoms with van der Waals surface area (Å²) >= 11 is 0. The smallest absolute Gasteiger partial charge is 0.126 e. The van der Waals surface area contributed by atoms with Gasteiger partial charge in [0.15, 0.2) is 0 Å². The zero-order chi connectivity index (χ0) is 15.2. The van der Waals surface area contributed by atoms with Crippen LogP contribution in [0.5, 0.6) is 5.75 Å². The maximum absolute atomic E-state index is 13.5. The summed E-state index contributed by atoms with van der Waals surface area (Å²) < 4.78 is 18.8. The molecule has 1 aromatic heterocycles. The number of nitrogens with zero attached hydrogens (tertiary/aromatic N) is 2. The molecule has 0 unspecified atom stereocenters. The van der Waals surface area contributed by atoms with E-state index in [1.807, 2.05) is 12.3 Å². The first kappa shape index (κ1) is 15.4. The first-order valence-electron chi connectivity index (χ1n) is 7.18. The molecule has 0 aliphatic heterocycles. The zero-order valence-electron chi connectivity index (χ0n) is 12.8. The van der Waals surface area contributed by atoms with E-state index in [0.717, 1.165) is 36.3 Å². The van der Waals surface area contributed by atoms with Crippen molar-refractivity contribution >= 4 is 0 Å². The maximum atomic E-state index is 13.5. The summed E-state index contributed by atoms with van der Waals surface area (Å²) in [5, 5.41) is 0. The Morgan fingerprint density at radius 3 is 2.57 bits per heavy atom. The second-order valence-electron chi connectivity index (χ2n) is 4.89. The van der Waals surface area contributed by atoms with E-state index in [9.17, 15) is 4.39 Å². The molecule has 0 N–H and O–H groups in total. The van der Waals surface area contributed by atoms with Crippen molar-refractivity contribution in [2.45, 2.75) is 20.4 Å². The van der Waals surface area contributed by atoms with Crippen molar-refractivity contribution in [1.82, 2.24) is 9.88 Å². The van der Waals surface area contributed by atoms with Crippen LogP contribution in [0.4, 0.5) is 4.39 Å². The predicted molar refractivity (Wildman–Crippen MR) is 82.8 cm³/mol. The Balaban J connectivity index is 2.35. The van der Waals surface area contributed by atoms with Gasteiger partial charge in [-0.1, -0.05) is 13.8 Å². The molecule has 0 spiro atoms. The Hall–Kier alpha value is -1.94. The van der Waals surface area contributed by atoms with Crippen LogP contribution < -0.4 is 4.74 Å². The van der Waals surface area contributed by atoms with Crippen LogP contribution in [0, 0.1) is 5.82 Å². The average Bonchev–Trinajstić information content (AvgIpc) is 2.52. The van der Waals surface area contributed by atoms with Gasteiger partial charge in [0.05, 0.1) is 7.11 Å². The van der Waals surface area contributed by atoms with E-state index < -0.39 is 0 Å². The van der Waals surface area contributed by atoms with E-state index in [4.69, 9.17) is 4.74 Å². The lowest BCUT2D eigenvalue weighted by molar-refractivity contribution is 0.295. The first-order chi connectivity index (χ1) is 10.2. The lowest BCUT2D eigenvalue weighted by Crippen LogP contribution is -2.22. The maximum Gasteiger partial charge on any atom is 0.126 e. The molecule has 0 bridgehead atoms. The van der Waals surface area contributed by atoms with Crippen molar-refractivity contribution in [3.05, 3.63) is 48.0 Å². The van der Waals surface area contributed by atoms with E-state index in [-0.39, 0.29) is 5.82 Å². The second-order valence-corrected chi connectivity index (χ2v) is 4.89. The number of methoxy groups -OCH3 is 1. The molecular weight excluding hydrogens is 267 g/mol. The van der Waals surface area contributed by atoms with Crippen LogP contribution >= 0.6 is 0 Å². The molecule has 0 saturated heterocycles. The third-order valence-electron chi connectivity index (χ3n) is 3.57. The lowest BCUT2D eigenvalue weighted by Gasteiger charge is -2.18. The van der Waals surface area contributed by atoms with Crippen molar-refractivity contribution < 1.29 is 9.13 Å². The highest BCUT2D eigenvalue weighted by molar-refractivity contribution is 5.70. The predicted octanol–water partition coefficient (Wildman–Crippen LogP) is 3.74. The molecule has 1 aromatic carbocycles. The van der Waals surface area contributed by atoms with Crippen molar-refractivity contribution in [3.8, 4) is 16.9 Å². The minimum absolute atomic E-state index is 0.278. The molecule has 1 heterocycles. The number of aromatic nitrogens is 1. The highest BCUT2D eigenvalue weighted by Crippen LogP contribution is 2.30. The summed E-state index contributed by atoms with van der Waals surface area (Å²) in [6.45, 7) is 7.09. The minimum atomic E-state index is -0.278. The summed E-state index contributed by atoms with van der Waals surface area (Å²) in [5.74, 6) is 0.373. The highest BCUT2D eigenvalue weighted by atomic mass is 19.1. The normalized spacial score (nSPS) is 10.9. The molecule has 0 fully saturated rings. The number of pyridine rings is 1. The Kier molecular flexibility index (Phi) is 5.28. The molecule has 4 heteroatoms. The molecule has 0 aliphatic rings. The van der Waals surface area contributed by atoms with Crippen LogP contribution in [0.3, 0.4) is 0 Å². The van der Waals surface area contributed by atoms with E-state index >= 15 is 0 Å². The topological polar surface area (TPSA) is 25.4 Å². The fourth-order valence-electron chi connectivity index (χ4n) is 2.33. The van der Waals surface area contributed by atoms with E-state index in [1.165, 1.54) is 12.1 Å². The van der Waals surface area contributed by atoms with Gasteiger partial charge in [-0.25, -0.2) is 4.39 Å². The Morgan fingerprint density at radius 1 is 1.14 bits per heavy atom. The Bertz CT molecular complexity index is 597. The monoisotopic (exact) mass is 288 g/mol. The van der Waals surface area contributed by atoms with Crippen molar-refractivity contribution in [1.29, 1.82) is 0 Å². The fourth-order valence-corrected chi connectivity index (χ4v) is 2.33. The van der Waals surface area contributed by atoms with Crippen LogP contribution in [-0.4, -0.2) is 30.1 Å². The Morgan fingerprint density at radius 2 is 1.90 bits per heavy atom. The molecule has 2 aromatic rings. The molecule has 0 amide bonds. The highest BCUT2D eigenvalue weighted by Gasteiger charge is 2.09. The first-order valence-corrected chi connectivity index (χ1v) is 7.18. The van der Waals surface area contributed by atoms with Crippen LogP contribution in [0.1, 0.15) is 19.4 Å². The van der Waals surface area contributed by atoms with E-state index in [1.54, 1.807) is 19.4 Å². The minimum Gasteiger partial charge on any atom is -0.496 e. The van der Waals surface area contributed by atoms with Crippen LogP contribution in [-0.2, 0) is 6.54 Å². The van der Waals surface area contributed by atoms with E-state index in [0.29, 0.717) is 5.75 Å². The van der Waals surface area contributed by atoms with Gasteiger partial charge in [0.25, 0.3) is 0 Å². The summed E-state index contributed by atoms with van der Waals surface area (Å²) in [4.78, 5) is 6.59. The van der Waals surface area contributed by atoms with Crippen LogP contribution in [0.2, 0.25) is 0 Å². The number of rotatable bonds is 6. The number of ether oxygens (including phenoxy) is 1. The molecule has 3 nitrogen and oxygen atoms in total. The third kappa shape index (κ3) is 3.79. The number of halogens is 1. The molecule has 0 aliphatic carbocycles. The molecule has 0 atom stereocenters. The van der Waals surface area contributed by atoms with Gasteiger partial charge in [-0.15, -0.1) is 0 Å². The third-order valence-corrected chi connectivity index (χ3v) is 3.57. The molecule has 0 saturated carbocycles. The molecule has 0 radical (unpaired) electrons. The Labute approximate surface area is 125 Å². The van der Waals surface area contributed by atoms with Gasteiger partial charge in [-0.2, -0.15) is 0 Å². The second kappa shape index (κ2) is 7.18. The van der Waals surface area contributed by atoms with Gasteiger partial charge in [0.1, 0.15) is 11.6 Å². The summed E-state index contributed by atoms with van der Waals surface area (Å²) in [6, 6.07) is 6.57. The quantitative estimate of drug-likeness (QED) is 0.809. The number of hydrogen-bond acceptors (Lipinski definition) is 3. The van der Waals surface area contributed by atoms with Gasteiger partial charge in [-0.05, 0) is 42.9 Å². The number of hydrogen-bond donors (Lipinski definition) is 0. The van der Waals surface area contributed by atoms with Crippen molar-refractivity contribution in [3.63, 3.8) is 0 Å². The summed E-state index contributed by atoms with van der Waals surface area (Å²) in [7, 11) is 1.59. The van der Waals surface area contributed by atoms with Gasteiger partial charge >= 0.3 is 0 Å². The fraction of sp³-hybridized carbons (Fsp3) is 0.353. The molecule has 21 heavy (non-hydrogen) atoms. The molecule has 112 valence electrons. The summed E-state index contributed by atoms with van der Waals surface area (Å²) in [5.41, 5.74) is 2.71. The van der Waals surface area contributed by atoms with Gasteiger partial charge in [0, 0.05) is 30.1 Å². The van der Waals surface area contributed by atoms with Crippen LogP contribution in [0.25, 0.3) is 11.1 Å². The van der Waals surface area contributed by atoms with Gasteiger partial charge < -0.3 is 4.74 Å². The van der Waals surface area contributed by atoms with Crippen LogP contribution in [0.15, 0.2) is 36.7 Å². The largest absolute Gasteiger partial charge is 0.496 e. The molecule has 2 rings (SSSR count). The van der Waals surface area contributed by atoms with Gasteiger partial charge in [-0.3, -0.25) is 9.88 Å². The molecular formula is C17H21FN2O. The number of benzene rings is 1.